The number of ether oxygens (including phenoxy) is 2. The van der Waals surface area contributed by atoms with E-state index < -0.39 is 15.9 Å². The standard InChI is InChI=1S/C21H21N3O5S3/c1-2-7-24-15-10-16-17(29-13-28-16)11-18(15)31-21(24)22-20(25)14-5-3-8-23(12-14)32(26,27)19-6-4-9-30-19/h2,4,6,9-11,14H,1,3,5,7-8,12-13H2. The maximum absolute atomic E-state index is 13.1. The minimum atomic E-state index is -3.59. The van der Waals surface area contributed by atoms with Gasteiger partial charge in [0.15, 0.2) is 16.3 Å². The minimum Gasteiger partial charge on any atom is -0.454 e. The molecule has 0 bridgehead atoms. The highest BCUT2D eigenvalue weighted by Gasteiger charge is 2.34. The molecule has 1 atom stereocenters. The normalized spacial score (nSPS) is 19.5. The number of hydrogen-bond acceptors (Lipinski definition) is 7. The number of thiophene rings is 1. The smallest absolute Gasteiger partial charge is 0.252 e. The summed E-state index contributed by atoms with van der Waals surface area (Å²) < 4.78 is 41.3. The molecule has 5 rings (SSSR count). The fraction of sp³-hybridized carbons (Fsp3) is 0.333. The van der Waals surface area contributed by atoms with Crippen LogP contribution in [0.4, 0.5) is 0 Å². The van der Waals surface area contributed by atoms with E-state index in [2.05, 4.69) is 11.6 Å². The Morgan fingerprint density at radius 2 is 2.12 bits per heavy atom. The Morgan fingerprint density at radius 1 is 1.31 bits per heavy atom. The Kier molecular flexibility index (Phi) is 5.66. The maximum atomic E-state index is 13.1. The second kappa shape index (κ2) is 8.47. The van der Waals surface area contributed by atoms with Gasteiger partial charge in [-0.05, 0) is 24.3 Å². The first-order valence-electron chi connectivity index (χ1n) is 10.1. The van der Waals surface area contributed by atoms with E-state index >= 15 is 0 Å². The van der Waals surface area contributed by atoms with Crippen molar-refractivity contribution >= 4 is 48.8 Å². The van der Waals surface area contributed by atoms with Crippen LogP contribution in [0.2, 0.25) is 0 Å². The summed E-state index contributed by atoms with van der Waals surface area (Å²) in [6, 6.07) is 7.08. The second-order valence-electron chi connectivity index (χ2n) is 7.54. The number of thiazole rings is 1. The molecular weight excluding hydrogens is 470 g/mol. The molecule has 0 saturated carbocycles. The highest BCUT2D eigenvalue weighted by atomic mass is 32.2. The van der Waals surface area contributed by atoms with E-state index in [-0.39, 0.29) is 19.2 Å². The summed E-state index contributed by atoms with van der Waals surface area (Å²) >= 11 is 2.57. The van der Waals surface area contributed by atoms with E-state index in [1.165, 1.54) is 27.0 Å². The molecule has 0 aliphatic carbocycles. The van der Waals surface area contributed by atoms with Crippen molar-refractivity contribution in [1.29, 1.82) is 0 Å². The number of fused-ring (bicyclic) bond motifs is 2. The van der Waals surface area contributed by atoms with E-state index in [9.17, 15) is 13.2 Å². The van der Waals surface area contributed by atoms with Crippen LogP contribution >= 0.6 is 22.7 Å². The van der Waals surface area contributed by atoms with Crippen LogP contribution in [0.1, 0.15) is 12.8 Å². The van der Waals surface area contributed by atoms with Crippen LogP contribution in [0, 0.1) is 5.92 Å². The third-order valence-electron chi connectivity index (χ3n) is 5.52. The number of amides is 1. The van der Waals surface area contributed by atoms with Gasteiger partial charge in [-0.3, -0.25) is 4.79 Å². The molecule has 0 spiro atoms. The van der Waals surface area contributed by atoms with Crippen molar-refractivity contribution in [2.24, 2.45) is 10.9 Å². The number of nitrogens with zero attached hydrogens (tertiary/aromatic N) is 3. The Morgan fingerprint density at radius 3 is 2.88 bits per heavy atom. The average Bonchev–Trinajstić information content (AvgIpc) is 3.54. The number of sulfonamides is 1. The zero-order valence-corrected chi connectivity index (χ0v) is 19.5. The summed E-state index contributed by atoms with van der Waals surface area (Å²) in [4.78, 5) is 18.1. The summed E-state index contributed by atoms with van der Waals surface area (Å²) in [5.74, 6) is 0.551. The molecule has 1 aromatic carbocycles. The van der Waals surface area contributed by atoms with Crippen LogP contribution in [-0.2, 0) is 21.4 Å². The van der Waals surface area contributed by atoms with Gasteiger partial charge >= 0.3 is 0 Å². The van der Waals surface area contributed by atoms with Gasteiger partial charge in [0.25, 0.3) is 15.9 Å². The zero-order chi connectivity index (χ0) is 22.3. The first-order chi connectivity index (χ1) is 15.5. The monoisotopic (exact) mass is 491 g/mol. The first kappa shape index (κ1) is 21.4. The Hall–Kier alpha value is -2.47. The molecule has 2 aromatic heterocycles. The van der Waals surface area contributed by atoms with Gasteiger partial charge in [0, 0.05) is 31.8 Å². The van der Waals surface area contributed by atoms with Gasteiger partial charge in [-0.25, -0.2) is 8.42 Å². The summed E-state index contributed by atoms with van der Waals surface area (Å²) in [7, 11) is -3.59. The van der Waals surface area contributed by atoms with Gasteiger partial charge in [0.05, 0.1) is 16.1 Å². The summed E-state index contributed by atoms with van der Waals surface area (Å²) in [6.07, 6.45) is 2.98. The van der Waals surface area contributed by atoms with Gasteiger partial charge in [0.2, 0.25) is 6.79 Å². The molecule has 32 heavy (non-hydrogen) atoms. The molecular formula is C21H21N3O5S3. The summed E-state index contributed by atoms with van der Waals surface area (Å²) in [5.41, 5.74) is 0.885. The Balaban J connectivity index is 1.46. The molecule has 1 saturated heterocycles. The highest BCUT2D eigenvalue weighted by molar-refractivity contribution is 7.91. The van der Waals surface area contributed by atoms with Gasteiger partial charge in [-0.2, -0.15) is 9.30 Å². The van der Waals surface area contributed by atoms with Crippen LogP contribution in [0.25, 0.3) is 10.2 Å². The number of carbonyl (C=O) groups is 1. The third-order valence-corrected chi connectivity index (χ3v) is 9.80. The summed E-state index contributed by atoms with van der Waals surface area (Å²) in [6.45, 7) is 5.04. The largest absolute Gasteiger partial charge is 0.454 e. The van der Waals surface area contributed by atoms with Gasteiger partial charge in [-0.1, -0.05) is 23.5 Å². The predicted molar refractivity (Wildman–Crippen MR) is 123 cm³/mol. The molecule has 1 amide bonds. The van der Waals surface area contributed by atoms with Crippen molar-refractivity contribution in [3.05, 3.63) is 47.1 Å². The molecule has 1 unspecified atom stereocenters. The Labute approximate surface area is 193 Å². The van der Waals surface area contributed by atoms with Crippen molar-refractivity contribution < 1.29 is 22.7 Å². The van der Waals surface area contributed by atoms with E-state index in [0.29, 0.717) is 46.4 Å². The average molecular weight is 492 g/mol. The number of allylic oxidation sites excluding steroid dienone is 1. The number of benzene rings is 1. The highest BCUT2D eigenvalue weighted by Crippen LogP contribution is 2.37. The molecule has 2 aliphatic rings. The first-order valence-corrected chi connectivity index (χ1v) is 13.3. The van der Waals surface area contributed by atoms with E-state index in [4.69, 9.17) is 9.47 Å². The van der Waals surface area contributed by atoms with E-state index in [1.54, 1.807) is 23.6 Å². The lowest BCUT2D eigenvalue weighted by Gasteiger charge is -2.29. The number of hydrogen-bond donors (Lipinski definition) is 0. The molecule has 168 valence electrons. The number of carbonyl (C=O) groups excluding carboxylic acids is 1. The van der Waals surface area contributed by atoms with E-state index in [0.717, 1.165) is 10.2 Å². The van der Waals surface area contributed by atoms with Crippen molar-refractivity contribution in [3.8, 4) is 11.5 Å². The van der Waals surface area contributed by atoms with Crippen LogP contribution in [0.3, 0.4) is 0 Å². The lowest BCUT2D eigenvalue weighted by atomic mass is 9.99. The Bertz CT molecular complexity index is 1360. The lowest BCUT2D eigenvalue weighted by Crippen LogP contribution is -2.42. The molecule has 4 heterocycles. The van der Waals surface area contributed by atoms with Crippen LogP contribution in [0.15, 0.2) is 51.5 Å². The third kappa shape index (κ3) is 3.79. The second-order valence-corrected chi connectivity index (χ2v) is 11.7. The van der Waals surface area contributed by atoms with Crippen molar-refractivity contribution in [1.82, 2.24) is 8.87 Å². The quantitative estimate of drug-likeness (QED) is 0.511. The fourth-order valence-electron chi connectivity index (χ4n) is 3.94. The van der Waals surface area contributed by atoms with Crippen LogP contribution in [-0.4, -0.2) is 43.1 Å². The summed E-state index contributed by atoms with van der Waals surface area (Å²) in [5, 5.41) is 1.74. The molecule has 11 heteroatoms. The number of aromatic nitrogens is 1. The molecule has 0 radical (unpaired) electrons. The minimum absolute atomic E-state index is 0.144. The van der Waals surface area contributed by atoms with Crippen molar-refractivity contribution in [3.63, 3.8) is 0 Å². The molecule has 8 nitrogen and oxygen atoms in total. The lowest BCUT2D eigenvalue weighted by molar-refractivity contribution is -0.122. The molecule has 2 aliphatic heterocycles. The predicted octanol–water partition coefficient (Wildman–Crippen LogP) is 3.21. The molecule has 0 N–H and O–H groups in total. The topological polar surface area (TPSA) is 90.2 Å². The van der Waals surface area contributed by atoms with Crippen molar-refractivity contribution in [2.45, 2.75) is 23.6 Å². The fourth-order valence-corrected chi connectivity index (χ4v) is 7.66. The zero-order valence-electron chi connectivity index (χ0n) is 17.1. The molecule has 3 aromatic rings. The molecule has 1 fully saturated rings. The van der Waals surface area contributed by atoms with Crippen LogP contribution in [0.5, 0.6) is 11.5 Å². The van der Waals surface area contributed by atoms with Crippen LogP contribution < -0.4 is 14.3 Å². The van der Waals surface area contributed by atoms with E-state index in [1.807, 2.05) is 16.7 Å². The number of rotatable bonds is 5. The van der Waals surface area contributed by atoms with Gasteiger partial charge < -0.3 is 14.0 Å². The maximum Gasteiger partial charge on any atom is 0.252 e. The SMILES string of the molecule is C=CCn1c(=NC(=O)C2CCCN(S(=O)(=O)c3cccs3)C2)sc2cc3c(cc21)OCO3. The van der Waals surface area contributed by atoms with Gasteiger partial charge in [-0.15, -0.1) is 17.9 Å². The van der Waals surface area contributed by atoms with Gasteiger partial charge in [0.1, 0.15) is 4.21 Å². The number of piperidine rings is 1. The van der Waals surface area contributed by atoms with Crippen molar-refractivity contribution in [2.75, 3.05) is 19.9 Å².